The van der Waals surface area contributed by atoms with Crippen molar-refractivity contribution in [2.24, 2.45) is 0 Å². The lowest BCUT2D eigenvalue weighted by Gasteiger charge is -1.49. The van der Waals surface area contributed by atoms with E-state index in [4.69, 9.17) is 0 Å². The topological polar surface area (TPSA) is 0 Å². The Labute approximate surface area is 78.7 Å². The van der Waals surface area contributed by atoms with Gasteiger partial charge in [-0.15, -0.1) is 0 Å². The molecule has 0 unspecified atom stereocenters. The summed E-state index contributed by atoms with van der Waals surface area (Å²) in [5.41, 5.74) is 0. The predicted molar refractivity (Wildman–Crippen MR) is 61.5 cm³/mol. The zero-order valence-corrected chi connectivity index (χ0v) is 9.46. The Morgan fingerprint density at radius 3 is 0.417 bits per heavy atom. The fourth-order valence-corrected chi connectivity index (χ4v) is 0. The van der Waals surface area contributed by atoms with Gasteiger partial charge < -0.3 is 0 Å². The molecular formula is C12H24. The Morgan fingerprint density at radius 1 is 0.333 bits per heavy atom. The highest BCUT2D eigenvalue weighted by molar-refractivity contribution is 4.69. The Morgan fingerprint density at radius 2 is 0.417 bits per heavy atom. The summed E-state index contributed by atoms with van der Waals surface area (Å²) in [4.78, 5) is 0. The molecule has 0 saturated heterocycles. The summed E-state index contributed by atoms with van der Waals surface area (Å²) in [6, 6.07) is 0. The highest BCUT2D eigenvalue weighted by atomic mass is 13.4. The highest BCUT2D eigenvalue weighted by Gasteiger charge is 1.35. The van der Waals surface area contributed by atoms with Crippen LogP contribution in [0.15, 0.2) is 36.5 Å². The number of hydrogen-bond donors (Lipinski definition) is 0. The number of hydrogen-bond acceptors (Lipinski definition) is 0. The van der Waals surface area contributed by atoms with Crippen molar-refractivity contribution < 1.29 is 0 Å². The summed E-state index contributed by atoms with van der Waals surface area (Å²) in [6.45, 7) is 12.0. The SMILES string of the molecule is C/C=C/C.C/C=C\C.CC=CC. The first kappa shape index (κ1) is 17.3. The van der Waals surface area contributed by atoms with Crippen molar-refractivity contribution in [1.82, 2.24) is 0 Å². The summed E-state index contributed by atoms with van der Waals surface area (Å²) < 4.78 is 0. The van der Waals surface area contributed by atoms with Gasteiger partial charge in [0.15, 0.2) is 0 Å². The van der Waals surface area contributed by atoms with Gasteiger partial charge in [0, 0.05) is 0 Å². The van der Waals surface area contributed by atoms with E-state index < -0.39 is 0 Å². The largest absolute Gasteiger partial charge is 0.0919 e. The molecule has 0 nitrogen and oxygen atoms in total. The monoisotopic (exact) mass is 168 g/mol. The van der Waals surface area contributed by atoms with Crippen LogP contribution in [0.1, 0.15) is 41.5 Å². The van der Waals surface area contributed by atoms with Crippen molar-refractivity contribution in [3.8, 4) is 0 Å². The van der Waals surface area contributed by atoms with Crippen molar-refractivity contribution in [2.75, 3.05) is 0 Å². The lowest BCUT2D eigenvalue weighted by atomic mass is 10.6. The summed E-state index contributed by atoms with van der Waals surface area (Å²) in [6.07, 6.45) is 12.0. The summed E-state index contributed by atoms with van der Waals surface area (Å²) >= 11 is 0. The number of rotatable bonds is 0. The van der Waals surface area contributed by atoms with Crippen LogP contribution in [0.3, 0.4) is 0 Å². The second-order valence-corrected chi connectivity index (χ2v) is 2.00. The van der Waals surface area contributed by atoms with E-state index in [0.717, 1.165) is 0 Å². The van der Waals surface area contributed by atoms with Crippen LogP contribution in [0, 0.1) is 0 Å². The summed E-state index contributed by atoms with van der Waals surface area (Å²) in [7, 11) is 0. The second kappa shape index (κ2) is 31.9. The Kier molecular flexibility index (Phi) is 46.1. The molecular weight excluding hydrogens is 144 g/mol. The van der Waals surface area contributed by atoms with Crippen LogP contribution < -0.4 is 0 Å². The second-order valence-electron chi connectivity index (χ2n) is 2.00. The van der Waals surface area contributed by atoms with Gasteiger partial charge in [-0.25, -0.2) is 0 Å². The van der Waals surface area contributed by atoms with Crippen LogP contribution >= 0.6 is 0 Å². The van der Waals surface area contributed by atoms with Gasteiger partial charge in [-0.2, -0.15) is 0 Å². The van der Waals surface area contributed by atoms with Crippen LogP contribution in [-0.4, -0.2) is 0 Å². The Bertz CT molecular complexity index is 69.4. The van der Waals surface area contributed by atoms with Crippen molar-refractivity contribution in [1.29, 1.82) is 0 Å². The average molecular weight is 168 g/mol. The minimum atomic E-state index is 2.00. The smallest absolute Gasteiger partial charge is 0.0470 e. The third-order valence-electron chi connectivity index (χ3n) is 1.00. The molecule has 0 saturated carbocycles. The van der Waals surface area contributed by atoms with Crippen molar-refractivity contribution >= 4 is 0 Å². The molecule has 0 amide bonds. The summed E-state index contributed by atoms with van der Waals surface area (Å²) in [5, 5.41) is 0. The molecule has 0 fully saturated rings. The third-order valence-corrected chi connectivity index (χ3v) is 1.00. The zero-order chi connectivity index (χ0) is 10.2. The normalized spacial score (nSPS) is 9.50. The van der Waals surface area contributed by atoms with E-state index in [9.17, 15) is 0 Å². The molecule has 12 heavy (non-hydrogen) atoms. The van der Waals surface area contributed by atoms with E-state index in [1.807, 2.05) is 78.0 Å². The van der Waals surface area contributed by atoms with Crippen molar-refractivity contribution in [3.63, 3.8) is 0 Å². The lowest BCUT2D eigenvalue weighted by Crippen LogP contribution is -1.26. The molecule has 0 aromatic carbocycles. The van der Waals surface area contributed by atoms with E-state index in [1.54, 1.807) is 0 Å². The minimum Gasteiger partial charge on any atom is -0.0919 e. The molecule has 0 atom stereocenters. The maximum atomic E-state index is 2.00. The molecule has 72 valence electrons. The van der Waals surface area contributed by atoms with Gasteiger partial charge in [0.1, 0.15) is 0 Å². The van der Waals surface area contributed by atoms with Gasteiger partial charge in [0.05, 0.1) is 0 Å². The van der Waals surface area contributed by atoms with Crippen molar-refractivity contribution in [2.45, 2.75) is 41.5 Å². The molecule has 0 N–H and O–H groups in total. The first-order chi connectivity index (χ1) is 5.74. The first-order valence-corrected chi connectivity index (χ1v) is 4.46. The van der Waals surface area contributed by atoms with E-state index >= 15 is 0 Å². The van der Waals surface area contributed by atoms with Crippen LogP contribution in [0.25, 0.3) is 0 Å². The Balaban J connectivity index is -0.000000101. The van der Waals surface area contributed by atoms with Gasteiger partial charge in [0.25, 0.3) is 0 Å². The third kappa shape index (κ3) is 126. The predicted octanol–water partition coefficient (Wildman–Crippen LogP) is 4.75. The van der Waals surface area contributed by atoms with Crippen LogP contribution in [0.2, 0.25) is 0 Å². The highest BCUT2D eigenvalue weighted by Crippen LogP contribution is 1.57. The van der Waals surface area contributed by atoms with Gasteiger partial charge >= 0.3 is 0 Å². The van der Waals surface area contributed by atoms with Crippen LogP contribution in [0.5, 0.6) is 0 Å². The molecule has 0 heteroatoms. The van der Waals surface area contributed by atoms with Gasteiger partial charge in [-0.3, -0.25) is 0 Å². The van der Waals surface area contributed by atoms with Gasteiger partial charge in [-0.05, 0) is 41.5 Å². The first-order valence-electron chi connectivity index (χ1n) is 4.46. The average Bonchev–Trinajstić information content (AvgIpc) is 2.18. The standard InChI is InChI=1S/3C4H8/c3*1-3-4-2/h3*3-4H,1-2H3/b4-3+;4-3-;. The molecule has 0 aliphatic rings. The van der Waals surface area contributed by atoms with Crippen molar-refractivity contribution in [3.05, 3.63) is 36.5 Å². The van der Waals surface area contributed by atoms with E-state index in [0.29, 0.717) is 0 Å². The Hall–Kier alpha value is -0.780. The molecule has 0 aliphatic carbocycles. The lowest BCUT2D eigenvalue weighted by molar-refractivity contribution is 1.64. The van der Waals surface area contributed by atoms with E-state index in [-0.39, 0.29) is 0 Å². The minimum absolute atomic E-state index is 2.00. The fourth-order valence-electron chi connectivity index (χ4n) is 0. The maximum Gasteiger partial charge on any atom is -0.0470 e. The molecule has 0 aromatic heterocycles. The molecule has 0 aromatic rings. The molecule has 0 rings (SSSR count). The molecule has 0 heterocycles. The molecule has 0 aliphatic heterocycles. The van der Waals surface area contributed by atoms with Crippen LogP contribution in [0.4, 0.5) is 0 Å². The van der Waals surface area contributed by atoms with E-state index in [1.165, 1.54) is 0 Å². The summed E-state index contributed by atoms with van der Waals surface area (Å²) in [5.74, 6) is 0. The molecule has 0 spiro atoms. The van der Waals surface area contributed by atoms with E-state index in [2.05, 4.69) is 0 Å². The molecule has 0 radical (unpaired) electrons. The van der Waals surface area contributed by atoms with Gasteiger partial charge in [0.2, 0.25) is 0 Å². The maximum absolute atomic E-state index is 2.00. The quantitative estimate of drug-likeness (QED) is 0.458. The number of allylic oxidation sites excluding steroid dienone is 6. The van der Waals surface area contributed by atoms with Gasteiger partial charge in [-0.1, -0.05) is 36.5 Å². The van der Waals surface area contributed by atoms with Crippen LogP contribution in [-0.2, 0) is 0 Å². The zero-order valence-electron chi connectivity index (χ0n) is 9.46. The fraction of sp³-hybridized carbons (Fsp3) is 0.500. The molecule has 0 bridgehead atoms.